The highest BCUT2D eigenvalue weighted by Crippen LogP contribution is 2.15. The van der Waals surface area contributed by atoms with Gasteiger partial charge in [-0.3, -0.25) is 4.99 Å². The average molecular weight is 141 g/mol. The molecule has 1 heteroatoms. The lowest BCUT2D eigenvalue weighted by atomic mass is 9.91. The zero-order chi connectivity index (χ0) is 7.49. The van der Waals surface area contributed by atoms with E-state index in [4.69, 9.17) is 0 Å². The molecule has 0 spiro atoms. The fraction of sp³-hybridized carbons (Fsp3) is 0.667. The molecule has 0 aromatic carbocycles. The van der Waals surface area contributed by atoms with Gasteiger partial charge < -0.3 is 0 Å². The number of aliphatic imine (C=N–C) groups is 1. The predicted molar refractivity (Wildman–Crippen MR) is 49.5 cm³/mol. The van der Waals surface area contributed by atoms with Gasteiger partial charge in [0.05, 0.1) is 0 Å². The maximum Gasteiger partial charge on any atom is 0.0201 e. The first-order valence-corrected chi connectivity index (χ1v) is 3.14. The van der Waals surface area contributed by atoms with E-state index in [0.29, 0.717) is 0 Å². The molecule has 0 aliphatic rings. The standard InChI is InChI=1S/C8H15N.CH4/c1-6-9-7(2)8(3,4)5;/h6H,1H2,2-5H3;1H4. The van der Waals surface area contributed by atoms with Gasteiger partial charge in [-0.15, -0.1) is 0 Å². The van der Waals surface area contributed by atoms with Crippen LogP contribution in [-0.4, -0.2) is 5.71 Å². The Kier molecular flexibility index (Phi) is 5.17. The van der Waals surface area contributed by atoms with Crippen LogP contribution >= 0.6 is 0 Å². The van der Waals surface area contributed by atoms with Crippen molar-refractivity contribution < 1.29 is 0 Å². The van der Waals surface area contributed by atoms with Crippen LogP contribution in [-0.2, 0) is 0 Å². The van der Waals surface area contributed by atoms with Gasteiger partial charge in [-0.2, -0.15) is 0 Å². The second-order valence-electron chi connectivity index (χ2n) is 3.15. The molecule has 0 amide bonds. The Morgan fingerprint density at radius 2 is 1.80 bits per heavy atom. The molecule has 10 heavy (non-hydrogen) atoms. The molecule has 0 bridgehead atoms. The molecule has 60 valence electrons. The highest BCUT2D eigenvalue weighted by atomic mass is 14.7. The first kappa shape index (κ1) is 12.1. The van der Waals surface area contributed by atoms with E-state index in [0.717, 1.165) is 5.71 Å². The highest BCUT2D eigenvalue weighted by molar-refractivity contribution is 5.87. The minimum atomic E-state index is 0. The predicted octanol–water partition coefficient (Wildman–Crippen LogP) is 3.27. The second-order valence-corrected chi connectivity index (χ2v) is 3.15. The summed E-state index contributed by atoms with van der Waals surface area (Å²) < 4.78 is 0. The van der Waals surface area contributed by atoms with Gasteiger partial charge in [0.25, 0.3) is 0 Å². The van der Waals surface area contributed by atoms with Crippen molar-refractivity contribution in [2.75, 3.05) is 0 Å². The molecular weight excluding hydrogens is 122 g/mol. The summed E-state index contributed by atoms with van der Waals surface area (Å²) in [6.45, 7) is 11.9. The Hall–Kier alpha value is -0.590. The summed E-state index contributed by atoms with van der Waals surface area (Å²) in [5.74, 6) is 0. The van der Waals surface area contributed by atoms with Crippen molar-refractivity contribution >= 4 is 5.71 Å². The fourth-order valence-corrected chi connectivity index (χ4v) is 0.331. The van der Waals surface area contributed by atoms with E-state index in [9.17, 15) is 0 Å². The maximum atomic E-state index is 4.08. The molecule has 0 heterocycles. The van der Waals surface area contributed by atoms with E-state index in [-0.39, 0.29) is 12.8 Å². The zero-order valence-corrected chi connectivity index (χ0v) is 6.73. The van der Waals surface area contributed by atoms with Gasteiger partial charge in [0.1, 0.15) is 0 Å². The van der Waals surface area contributed by atoms with Crippen LogP contribution in [0.2, 0.25) is 0 Å². The number of rotatable bonds is 1. The average Bonchev–Trinajstić information content (AvgIpc) is 1.64. The molecule has 0 aliphatic heterocycles. The Labute approximate surface area is 64.9 Å². The minimum absolute atomic E-state index is 0. The SMILES string of the molecule is C.C=CN=C(C)C(C)(C)C. The molecule has 0 aromatic rings. The van der Waals surface area contributed by atoms with Crippen LogP contribution < -0.4 is 0 Å². The van der Waals surface area contributed by atoms with E-state index in [1.54, 1.807) is 6.20 Å². The Morgan fingerprint density at radius 3 is 1.90 bits per heavy atom. The van der Waals surface area contributed by atoms with Crippen LogP contribution in [0, 0.1) is 5.41 Å². The molecule has 0 aromatic heterocycles. The van der Waals surface area contributed by atoms with E-state index in [1.807, 2.05) is 6.92 Å². The summed E-state index contributed by atoms with van der Waals surface area (Å²) in [6.07, 6.45) is 1.58. The number of hydrogen-bond acceptors (Lipinski definition) is 1. The van der Waals surface area contributed by atoms with Gasteiger partial charge in [-0.1, -0.05) is 34.8 Å². The lowest BCUT2D eigenvalue weighted by Gasteiger charge is -2.16. The van der Waals surface area contributed by atoms with Crippen molar-refractivity contribution in [1.82, 2.24) is 0 Å². The van der Waals surface area contributed by atoms with Crippen molar-refractivity contribution in [2.24, 2.45) is 10.4 Å². The van der Waals surface area contributed by atoms with Crippen LogP contribution in [0.15, 0.2) is 17.8 Å². The largest absolute Gasteiger partial charge is 0.266 e. The Morgan fingerprint density at radius 1 is 1.40 bits per heavy atom. The van der Waals surface area contributed by atoms with Crippen molar-refractivity contribution in [2.45, 2.75) is 35.1 Å². The first-order chi connectivity index (χ1) is 3.98. The summed E-state index contributed by atoms with van der Waals surface area (Å²) in [5.41, 5.74) is 1.31. The monoisotopic (exact) mass is 141 g/mol. The van der Waals surface area contributed by atoms with Crippen molar-refractivity contribution in [3.8, 4) is 0 Å². The summed E-state index contributed by atoms with van der Waals surface area (Å²) in [5, 5.41) is 0. The van der Waals surface area contributed by atoms with Crippen LogP contribution in [0.3, 0.4) is 0 Å². The highest BCUT2D eigenvalue weighted by Gasteiger charge is 2.12. The molecule has 0 rings (SSSR count). The first-order valence-electron chi connectivity index (χ1n) is 3.14. The molecule has 0 saturated carbocycles. The molecule has 0 saturated heterocycles. The van der Waals surface area contributed by atoms with Crippen LogP contribution in [0.25, 0.3) is 0 Å². The van der Waals surface area contributed by atoms with Gasteiger partial charge in [-0.25, -0.2) is 0 Å². The lowest BCUT2D eigenvalue weighted by Crippen LogP contribution is -2.15. The molecule has 0 unspecified atom stereocenters. The number of nitrogens with zero attached hydrogens (tertiary/aromatic N) is 1. The number of hydrogen-bond donors (Lipinski definition) is 0. The molecule has 0 fully saturated rings. The summed E-state index contributed by atoms with van der Waals surface area (Å²) in [7, 11) is 0. The summed E-state index contributed by atoms with van der Waals surface area (Å²) in [4.78, 5) is 4.08. The minimum Gasteiger partial charge on any atom is -0.266 e. The third-order valence-corrected chi connectivity index (χ3v) is 1.37. The maximum absolute atomic E-state index is 4.08. The van der Waals surface area contributed by atoms with Gasteiger partial charge in [0.15, 0.2) is 0 Å². The molecule has 0 N–H and O–H groups in total. The summed E-state index contributed by atoms with van der Waals surface area (Å²) in [6, 6.07) is 0. The third-order valence-electron chi connectivity index (χ3n) is 1.37. The quantitative estimate of drug-likeness (QED) is 0.497. The van der Waals surface area contributed by atoms with E-state index in [2.05, 4.69) is 32.3 Å². The van der Waals surface area contributed by atoms with Crippen molar-refractivity contribution in [3.63, 3.8) is 0 Å². The van der Waals surface area contributed by atoms with Crippen molar-refractivity contribution in [1.29, 1.82) is 0 Å². The molecular formula is C9H19N. The van der Waals surface area contributed by atoms with Gasteiger partial charge in [0, 0.05) is 11.9 Å². The Bertz CT molecular complexity index is 126. The van der Waals surface area contributed by atoms with Crippen LogP contribution in [0.5, 0.6) is 0 Å². The fourth-order valence-electron chi connectivity index (χ4n) is 0.331. The van der Waals surface area contributed by atoms with Crippen molar-refractivity contribution in [3.05, 3.63) is 12.8 Å². The molecule has 0 atom stereocenters. The molecule has 1 nitrogen and oxygen atoms in total. The van der Waals surface area contributed by atoms with Gasteiger partial charge in [0.2, 0.25) is 0 Å². The van der Waals surface area contributed by atoms with E-state index >= 15 is 0 Å². The van der Waals surface area contributed by atoms with Gasteiger partial charge in [-0.05, 0) is 12.3 Å². The van der Waals surface area contributed by atoms with Crippen LogP contribution in [0.1, 0.15) is 35.1 Å². The Balaban J connectivity index is 0. The van der Waals surface area contributed by atoms with E-state index in [1.165, 1.54) is 0 Å². The summed E-state index contributed by atoms with van der Waals surface area (Å²) >= 11 is 0. The van der Waals surface area contributed by atoms with Gasteiger partial charge >= 0.3 is 0 Å². The molecule has 0 radical (unpaired) electrons. The lowest BCUT2D eigenvalue weighted by molar-refractivity contribution is 0.588. The van der Waals surface area contributed by atoms with E-state index < -0.39 is 0 Å². The second kappa shape index (κ2) is 4.26. The van der Waals surface area contributed by atoms with Crippen LogP contribution in [0.4, 0.5) is 0 Å². The normalized spacial score (nSPS) is 12.2. The topological polar surface area (TPSA) is 12.4 Å². The zero-order valence-electron chi connectivity index (χ0n) is 6.73. The third kappa shape index (κ3) is 4.30. The smallest absolute Gasteiger partial charge is 0.0201 e. The molecule has 0 aliphatic carbocycles.